The molecule has 4 aromatic rings. The minimum atomic E-state index is -0.189. The highest BCUT2D eigenvalue weighted by molar-refractivity contribution is 6.03. The summed E-state index contributed by atoms with van der Waals surface area (Å²) in [7, 11) is 0. The van der Waals surface area contributed by atoms with Crippen molar-refractivity contribution < 1.29 is 0 Å². The second kappa shape index (κ2) is 4.52. The maximum absolute atomic E-state index is 13.0. The average Bonchev–Trinajstić information content (AvgIpc) is 2.49. The van der Waals surface area contributed by atoms with Crippen LogP contribution in [0.2, 0.25) is 0 Å². The maximum Gasteiger partial charge on any atom is 0.255 e. The maximum atomic E-state index is 13.0. The number of aryl methyl sites for hydroxylation is 3. The van der Waals surface area contributed by atoms with Crippen LogP contribution in [0.1, 0.15) is 17.0 Å². The summed E-state index contributed by atoms with van der Waals surface area (Å²) in [6.45, 7) is 5.66. The fraction of sp³-hybridized carbons (Fsp3) is 0.167. The van der Waals surface area contributed by atoms with Gasteiger partial charge in [0.1, 0.15) is 0 Å². The summed E-state index contributed by atoms with van der Waals surface area (Å²) >= 11 is 0. The Morgan fingerprint density at radius 2 is 1.78 bits per heavy atom. The van der Waals surface area contributed by atoms with Crippen molar-refractivity contribution in [2.75, 3.05) is 0 Å². The van der Waals surface area contributed by atoms with Crippen LogP contribution in [0, 0.1) is 20.8 Å². The Labute approximate surface area is 131 Å². The van der Waals surface area contributed by atoms with Gasteiger partial charge in [-0.15, -0.1) is 0 Å². The molecule has 0 saturated carbocycles. The fourth-order valence-electron chi connectivity index (χ4n) is 3.34. The van der Waals surface area contributed by atoms with Gasteiger partial charge in [0.05, 0.1) is 22.1 Å². The van der Waals surface area contributed by atoms with E-state index < -0.39 is 0 Å². The van der Waals surface area contributed by atoms with Crippen molar-refractivity contribution in [3.8, 4) is 0 Å². The summed E-state index contributed by atoms with van der Waals surface area (Å²) in [5.41, 5.74) is 3.72. The number of H-pyrrole nitrogens is 2. The molecule has 5 nitrogen and oxygen atoms in total. The first kappa shape index (κ1) is 13.7. The minimum Gasteiger partial charge on any atom is -0.354 e. The first-order valence-electron chi connectivity index (χ1n) is 7.42. The third kappa shape index (κ3) is 1.83. The normalized spacial score (nSPS) is 11.6. The molecule has 1 aromatic carbocycles. The Bertz CT molecular complexity index is 1230. The highest BCUT2D eigenvalue weighted by atomic mass is 16.1. The Morgan fingerprint density at radius 3 is 2.57 bits per heavy atom. The zero-order chi connectivity index (χ0) is 16.3. The van der Waals surface area contributed by atoms with E-state index in [1.165, 1.54) is 0 Å². The number of nitrogens with zero attached hydrogens (tertiary/aromatic N) is 1. The monoisotopic (exact) mass is 305 g/mol. The van der Waals surface area contributed by atoms with Crippen molar-refractivity contribution in [2.24, 2.45) is 0 Å². The molecule has 0 unspecified atom stereocenters. The first-order valence-corrected chi connectivity index (χ1v) is 7.42. The van der Waals surface area contributed by atoms with Crippen LogP contribution in [0.25, 0.3) is 32.6 Å². The molecule has 4 rings (SSSR count). The molecule has 0 spiro atoms. The molecule has 3 heterocycles. The molecule has 3 aromatic heterocycles. The number of hydrogen-bond donors (Lipinski definition) is 2. The Morgan fingerprint density at radius 1 is 1.00 bits per heavy atom. The van der Waals surface area contributed by atoms with Crippen molar-refractivity contribution in [1.82, 2.24) is 15.0 Å². The van der Waals surface area contributed by atoms with Crippen LogP contribution < -0.4 is 11.0 Å². The van der Waals surface area contributed by atoms with E-state index in [2.05, 4.69) is 15.0 Å². The summed E-state index contributed by atoms with van der Waals surface area (Å²) in [6, 6.07) is 5.41. The zero-order valence-corrected chi connectivity index (χ0v) is 13.1. The van der Waals surface area contributed by atoms with Crippen molar-refractivity contribution in [3.05, 3.63) is 61.9 Å². The van der Waals surface area contributed by atoms with Crippen LogP contribution in [-0.4, -0.2) is 15.0 Å². The third-order valence-corrected chi connectivity index (χ3v) is 4.40. The number of nitrogens with one attached hydrogen (secondary N) is 2. The van der Waals surface area contributed by atoms with Gasteiger partial charge in [-0.25, -0.2) is 0 Å². The summed E-state index contributed by atoms with van der Waals surface area (Å²) in [5, 5.41) is 2.47. The Balaban J connectivity index is 2.36. The van der Waals surface area contributed by atoms with E-state index in [1.807, 2.05) is 32.9 Å². The standard InChI is InChI=1S/C18H15N3O2/c1-8-6-14-15(10(3)20-8)17(22)13-7-12-11(4-5-19-18(12)23)9(2)16(13)21-14/h4-7H,1-3H3,(H,19,23)(H,21,22). The molecule has 0 atom stereocenters. The number of benzene rings is 1. The van der Waals surface area contributed by atoms with Crippen LogP contribution in [0.5, 0.6) is 0 Å². The number of fused-ring (bicyclic) bond motifs is 3. The lowest BCUT2D eigenvalue weighted by molar-refractivity contribution is 1.14. The molecular formula is C18H15N3O2. The highest BCUT2D eigenvalue weighted by Crippen LogP contribution is 2.25. The SMILES string of the molecule is Cc1cc2[nH]c3c(C)c4cc[nH]c(=O)c4cc3c(=O)c2c(C)n1. The second-order valence-electron chi connectivity index (χ2n) is 5.92. The average molecular weight is 305 g/mol. The number of aromatic amines is 2. The van der Waals surface area contributed by atoms with Crippen molar-refractivity contribution in [2.45, 2.75) is 20.8 Å². The number of rotatable bonds is 0. The van der Waals surface area contributed by atoms with Crippen LogP contribution in [0.4, 0.5) is 0 Å². The smallest absolute Gasteiger partial charge is 0.255 e. The van der Waals surface area contributed by atoms with Gasteiger partial charge in [0.2, 0.25) is 0 Å². The molecule has 0 radical (unpaired) electrons. The van der Waals surface area contributed by atoms with Crippen molar-refractivity contribution in [1.29, 1.82) is 0 Å². The van der Waals surface area contributed by atoms with Crippen molar-refractivity contribution in [3.63, 3.8) is 0 Å². The molecule has 2 N–H and O–H groups in total. The molecule has 5 heteroatoms. The largest absolute Gasteiger partial charge is 0.354 e. The van der Waals surface area contributed by atoms with Gasteiger partial charge in [-0.05, 0) is 49.9 Å². The van der Waals surface area contributed by atoms with E-state index >= 15 is 0 Å². The molecular weight excluding hydrogens is 290 g/mol. The molecule has 114 valence electrons. The molecule has 23 heavy (non-hydrogen) atoms. The lowest BCUT2D eigenvalue weighted by Gasteiger charge is -2.10. The lowest BCUT2D eigenvalue weighted by atomic mass is 10.0. The van der Waals surface area contributed by atoms with Crippen LogP contribution >= 0.6 is 0 Å². The summed E-state index contributed by atoms with van der Waals surface area (Å²) < 4.78 is 0. The van der Waals surface area contributed by atoms with Crippen molar-refractivity contribution >= 4 is 32.6 Å². The second-order valence-corrected chi connectivity index (χ2v) is 5.92. The van der Waals surface area contributed by atoms with E-state index in [9.17, 15) is 9.59 Å². The molecule has 0 amide bonds. The van der Waals surface area contributed by atoms with Gasteiger partial charge in [-0.2, -0.15) is 0 Å². The number of pyridine rings is 3. The third-order valence-electron chi connectivity index (χ3n) is 4.40. The minimum absolute atomic E-state index is 0.0907. The van der Waals surface area contributed by atoms with Gasteiger partial charge in [-0.1, -0.05) is 0 Å². The predicted octanol–water partition coefficient (Wildman–Crippen LogP) is 2.84. The van der Waals surface area contributed by atoms with Gasteiger partial charge in [0.25, 0.3) is 5.56 Å². The highest BCUT2D eigenvalue weighted by Gasteiger charge is 2.14. The topological polar surface area (TPSA) is 78.6 Å². The first-order chi connectivity index (χ1) is 11.0. The predicted molar refractivity (Wildman–Crippen MR) is 92.2 cm³/mol. The molecule has 0 bridgehead atoms. The molecule has 0 saturated heterocycles. The summed E-state index contributed by atoms with van der Waals surface area (Å²) in [4.78, 5) is 35.4. The number of aromatic nitrogens is 3. The summed E-state index contributed by atoms with van der Waals surface area (Å²) in [6.07, 6.45) is 1.63. The van der Waals surface area contributed by atoms with Gasteiger partial charge in [0.15, 0.2) is 5.43 Å². The fourth-order valence-corrected chi connectivity index (χ4v) is 3.34. The van der Waals surface area contributed by atoms with E-state index in [0.717, 1.165) is 27.7 Å². The quantitative estimate of drug-likeness (QED) is 0.490. The molecule has 0 aliphatic heterocycles. The Hall–Kier alpha value is -2.95. The number of hydrogen-bond acceptors (Lipinski definition) is 3. The Kier molecular flexibility index (Phi) is 2.69. The van der Waals surface area contributed by atoms with Crippen LogP contribution in [0.3, 0.4) is 0 Å². The van der Waals surface area contributed by atoms with Gasteiger partial charge in [0, 0.05) is 22.7 Å². The van der Waals surface area contributed by atoms with E-state index in [4.69, 9.17) is 0 Å². The zero-order valence-electron chi connectivity index (χ0n) is 13.1. The van der Waals surface area contributed by atoms with E-state index in [-0.39, 0.29) is 11.0 Å². The molecule has 0 aliphatic carbocycles. The van der Waals surface area contributed by atoms with E-state index in [1.54, 1.807) is 12.3 Å². The molecule has 0 aliphatic rings. The molecule has 0 fully saturated rings. The van der Waals surface area contributed by atoms with Crippen LogP contribution in [-0.2, 0) is 0 Å². The van der Waals surface area contributed by atoms with Gasteiger partial charge >= 0.3 is 0 Å². The van der Waals surface area contributed by atoms with Gasteiger partial charge < -0.3 is 9.97 Å². The lowest BCUT2D eigenvalue weighted by Crippen LogP contribution is -2.11. The van der Waals surface area contributed by atoms with Gasteiger partial charge in [-0.3, -0.25) is 14.6 Å². The van der Waals surface area contributed by atoms with E-state index in [0.29, 0.717) is 21.9 Å². The summed E-state index contributed by atoms with van der Waals surface area (Å²) in [5.74, 6) is 0. The van der Waals surface area contributed by atoms with Crippen LogP contribution in [0.15, 0.2) is 34.0 Å².